The summed E-state index contributed by atoms with van der Waals surface area (Å²) in [7, 11) is 0. The summed E-state index contributed by atoms with van der Waals surface area (Å²) in [5.74, 6) is 1.54. The van der Waals surface area contributed by atoms with Gasteiger partial charge >= 0.3 is 0 Å². The van der Waals surface area contributed by atoms with Crippen LogP contribution in [-0.4, -0.2) is 30.3 Å². The molecule has 0 atom stereocenters. The van der Waals surface area contributed by atoms with Crippen molar-refractivity contribution < 1.29 is 4.74 Å². The van der Waals surface area contributed by atoms with Crippen LogP contribution < -0.4 is 4.90 Å². The summed E-state index contributed by atoms with van der Waals surface area (Å²) < 4.78 is 5.53. The van der Waals surface area contributed by atoms with Crippen molar-refractivity contribution in [3.05, 3.63) is 23.4 Å². The zero-order valence-electron chi connectivity index (χ0n) is 10.7. The fourth-order valence-corrected chi connectivity index (χ4v) is 2.37. The van der Waals surface area contributed by atoms with E-state index in [-0.39, 0.29) is 5.54 Å². The number of nitrogens with zero attached hydrogens (tertiary/aromatic N) is 2. The van der Waals surface area contributed by atoms with Crippen molar-refractivity contribution in [3.8, 4) is 0 Å². The third-order valence-corrected chi connectivity index (χ3v) is 3.38. The summed E-state index contributed by atoms with van der Waals surface area (Å²) in [6.07, 6.45) is 0. The third kappa shape index (κ3) is 2.72. The summed E-state index contributed by atoms with van der Waals surface area (Å²) in [4.78, 5) is 6.92. The number of pyridine rings is 1. The number of alkyl halides is 1. The first-order valence-corrected chi connectivity index (χ1v) is 6.45. The summed E-state index contributed by atoms with van der Waals surface area (Å²) in [5, 5.41) is 0. The van der Waals surface area contributed by atoms with Gasteiger partial charge in [0, 0.05) is 18.1 Å². The van der Waals surface area contributed by atoms with E-state index in [4.69, 9.17) is 16.3 Å². The number of anilines is 1. The van der Waals surface area contributed by atoms with E-state index in [1.807, 2.05) is 13.0 Å². The molecule has 1 aliphatic heterocycles. The molecule has 0 aliphatic carbocycles. The van der Waals surface area contributed by atoms with Gasteiger partial charge in [-0.1, -0.05) is 0 Å². The first-order valence-electron chi connectivity index (χ1n) is 5.92. The number of hydrogen-bond acceptors (Lipinski definition) is 3. The maximum Gasteiger partial charge on any atom is 0.129 e. The van der Waals surface area contributed by atoms with Crippen LogP contribution in [0.1, 0.15) is 25.1 Å². The smallest absolute Gasteiger partial charge is 0.129 e. The molecule has 17 heavy (non-hydrogen) atoms. The van der Waals surface area contributed by atoms with Crippen LogP contribution in [0.15, 0.2) is 12.1 Å². The second-order valence-corrected chi connectivity index (χ2v) is 5.39. The minimum absolute atomic E-state index is 0.0113. The van der Waals surface area contributed by atoms with Crippen molar-refractivity contribution in [1.29, 1.82) is 0 Å². The molecule has 1 aromatic rings. The Morgan fingerprint density at radius 1 is 1.47 bits per heavy atom. The maximum atomic E-state index is 5.91. The molecule has 2 rings (SSSR count). The summed E-state index contributed by atoms with van der Waals surface area (Å²) >= 11 is 5.91. The van der Waals surface area contributed by atoms with Crippen LogP contribution in [0.3, 0.4) is 0 Å². The van der Waals surface area contributed by atoms with Crippen LogP contribution in [0.2, 0.25) is 0 Å². The van der Waals surface area contributed by atoms with E-state index in [9.17, 15) is 0 Å². The highest BCUT2D eigenvalue weighted by Gasteiger charge is 2.31. The average Bonchev–Trinajstić information content (AvgIpc) is 2.27. The molecule has 0 amide bonds. The quantitative estimate of drug-likeness (QED) is 0.759. The van der Waals surface area contributed by atoms with Gasteiger partial charge in [0.1, 0.15) is 5.82 Å². The number of morpholine rings is 1. The van der Waals surface area contributed by atoms with Crippen LogP contribution in [0.4, 0.5) is 5.82 Å². The molecule has 0 radical (unpaired) electrons. The number of rotatable bonds is 2. The van der Waals surface area contributed by atoms with Crippen molar-refractivity contribution in [1.82, 2.24) is 4.98 Å². The second kappa shape index (κ2) is 4.83. The molecule has 0 saturated carbocycles. The molecular weight excluding hydrogens is 236 g/mol. The number of aromatic nitrogens is 1. The Bertz CT molecular complexity index is 406. The Hall–Kier alpha value is -0.800. The van der Waals surface area contributed by atoms with Crippen molar-refractivity contribution in [3.63, 3.8) is 0 Å². The second-order valence-electron chi connectivity index (χ2n) is 5.13. The fraction of sp³-hybridized carbons (Fsp3) is 0.615. The van der Waals surface area contributed by atoms with Crippen molar-refractivity contribution in [2.75, 3.05) is 24.7 Å². The van der Waals surface area contributed by atoms with Crippen LogP contribution in [0.5, 0.6) is 0 Å². The zero-order chi connectivity index (χ0) is 12.5. The number of hydrogen-bond donors (Lipinski definition) is 0. The minimum Gasteiger partial charge on any atom is -0.377 e. The molecule has 1 aromatic heterocycles. The van der Waals surface area contributed by atoms with Gasteiger partial charge in [-0.3, -0.25) is 0 Å². The summed E-state index contributed by atoms with van der Waals surface area (Å²) in [6.45, 7) is 8.74. The van der Waals surface area contributed by atoms with E-state index >= 15 is 0 Å². The average molecular weight is 255 g/mol. The van der Waals surface area contributed by atoms with Gasteiger partial charge in [0.15, 0.2) is 0 Å². The van der Waals surface area contributed by atoms with Crippen molar-refractivity contribution in [2.24, 2.45) is 0 Å². The Balaban J connectivity index is 2.35. The third-order valence-electron chi connectivity index (χ3n) is 3.08. The lowest BCUT2D eigenvalue weighted by Crippen LogP contribution is -2.53. The van der Waals surface area contributed by atoms with Gasteiger partial charge in [0.25, 0.3) is 0 Å². The van der Waals surface area contributed by atoms with Gasteiger partial charge in [0.05, 0.1) is 18.8 Å². The first kappa shape index (κ1) is 12.7. The topological polar surface area (TPSA) is 25.4 Å². The molecule has 1 saturated heterocycles. The molecule has 1 aliphatic rings. The molecule has 0 aromatic carbocycles. The lowest BCUT2D eigenvalue weighted by atomic mass is 10.0. The Labute approximate surface area is 108 Å². The van der Waals surface area contributed by atoms with Crippen LogP contribution in [0, 0.1) is 6.92 Å². The molecule has 0 spiro atoms. The molecular formula is C13H19ClN2O. The molecule has 4 heteroatoms. The highest BCUT2D eigenvalue weighted by atomic mass is 35.5. The van der Waals surface area contributed by atoms with E-state index in [2.05, 4.69) is 29.8 Å². The normalized spacial score (nSPS) is 19.4. The lowest BCUT2D eigenvalue weighted by molar-refractivity contribution is 0.0639. The predicted molar refractivity (Wildman–Crippen MR) is 70.8 cm³/mol. The molecule has 0 bridgehead atoms. The number of ether oxygens (including phenoxy) is 1. The molecule has 2 heterocycles. The standard InChI is InChI=1S/C13H19ClN2O/c1-10-6-11(8-14)7-12(15-10)16-4-5-17-9-13(16,2)3/h6-7H,4-5,8-9H2,1-3H3. The van der Waals surface area contributed by atoms with Crippen molar-refractivity contribution in [2.45, 2.75) is 32.2 Å². The number of aryl methyl sites for hydroxylation is 1. The maximum absolute atomic E-state index is 5.91. The Morgan fingerprint density at radius 3 is 2.88 bits per heavy atom. The molecule has 94 valence electrons. The molecule has 1 fully saturated rings. The van der Waals surface area contributed by atoms with E-state index < -0.39 is 0 Å². The first-order chi connectivity index (χ1) is 8.03. The number of halogens is 1. The zero-order valence-corrected chi connectivity index (χ0v) is 11.4. The summed E-state index contributed by atoms with van der Waals surface area (Å²) in [5.41, 5.74) is 2.12. The van der Waals surface area contributed by atoms with Crippen LogP contribution in [0.25, 0.3) is 0 Å². The van der Waals surface area contributed by atoms with Gasteiger partial charge in [-0.25, -0.2) is 4.98 Å². The van der Waals surface area contributed by atoms with Gasteiger partial charge in [-0.2, -0.15) is 0 Å². The molecule has 3 nitrogen and oxygen atoms in total. The molecule has 0 N–H and O–H groups in total. The largest absolute Gasteiger partial charge is 0.377 e. The SMILES string of the molecule is Cc1cc(CCl)cc(N2CCOCC2(C)C)n1. The summed E-state index contributed by atoms with van der Waals surface area (Å²) in [6, 6.07) is 4.11. The minimum atomic E-state index is -0.0113. The van der Waals surface area contributed by atoms with Gasteiger partial charge in [-0.05, 0) is 38.5 Å². The fourth-order valence-electron chi connectivity index (χ4n) is 2.22. The van der Waals surface area contributed by atoms with E-state index in [0.717, 1.165) is 36.8 Å². The monoisotopic (exact) mass is 254 g/mol. The predicted octanol–water partition coefficient (Wildman–Crippen LogP) is 2.74. The van der Waals surface area contributed by atoms with E-state index in [1.165, 1.54) is 0 Å². The Kier molecular flexibility index (Phi) is 3.59. The molecule has 0 unspecified atom stereocenters. The Morgan fingerprint density at radius 2 is 2.24 bits per heavy atom. The van der Waals surface area contributed by atoms with Crippen LogP contribution >= 0.6 is 11.6 Å². The van der Waals surface area contributed by atoms with E-state index in [1.54, 1.807) is 0 Å². The van der Waals surface area contributed by atoms with E-state index in [0.29, 0.717) is 5.88 Å². The van der Waals surface area contributed by atoms with Crippen molar-refractivity contribution >= 4 is 17.4 Å². The van der Waals surface area contributed by atoms with Gasteiger partial charge in [0.2, 0.25) is 0 Å². The highest BCUT2D eigenvalue weighted by Crippen LogP contribution is 2.26. The van der Waals surface area contributed by atoms with Gasteiger partial charge < -0.3 is 9.64 Å². The van der Waals surface area contributed by atoms with Gasteiger partial charge in [-0.15, -0.1) is 11.6 Å². The van der Waals surface area contributed by atoms with Crippen LogP contribution in [-0.2, 0) is 10.6 Å². The highest BCUT2D eigenvalue weighted by molar-refractivity contribution is 6.17. The lowest BCUT2D eigenvalue weighted by Gasteiger charge is -2.43.